The first-order valence-corrected chi connectivity index (χ1v) is 7.78. The van der Waals surface area contributed by atoms with E-state index in [1.54, 1.807) is 17.1 Å². The third-order valence-electron chi connectivity index (χ3n) is 3.37. The number of anilines is 1. The summed E-state index contributed by atoms with van der Waals surface area (Å²) in [5.41, 5.74) is 1.35. The van der Waals surface area contributed by atoms with Gasteiger partial charge in [-0.3, -0.25) is 24.4 Å². The van der Waals surface area contributed by atoms with Crippen molar-refractivity contribution in [1.82, 2.24) is 14.8 Å². The molecule has 110 valence electrons. The number of pyridine rings is 1. The Hall–Kier alpha value is -2.02. The monoisotopic (exact) mass is 304 g/mol. The highest BCUT2D eigenvalue weighted by atomic mass is 32.2. The van der Waals surface area contributed by atoms with E-state index in [9.17, 15) is 9.59 Å². The summed E-state index contributed by atoms with van der Waals surface area (Å²) in [6.45, 7) is 3.92. The summed E-state index contributed by atoms with van der Waals surface area (Å²) >= 11 is 1.44. The van der Waals surface area contributed by atoms with Crippen molar-refractivity contribution >= 4 is 23.5 Å². The zero-order chi connectivity index (χ0) is 15.0. The average molecular weight is 304 g/mol. The Labute approximate surface area is 125 Å². The van der Waals surface area contributed by atoms with Crippen molar-refractivity contribution in [3.05, 3.63) is 46.0 Å². The highest BCUT2D eigenvalue weighted by Gasteiger charge is 2.30. The molecular formula is C14H16N4O2S. The second kappa shape index (κ2) is 5.40. The van der Waals surface area contributed by atoms with Gasteiger partial charge in [0.05, 0.1) is 16.6 Å². The molecule has 2 aromatic rings. The normalized spacial score (nSPS) is 18.2. The third-order valence-corrected chi connectivity index (χ3v) is 4.64. The van der Waals surface area contributed by atoms with Crippen molar-refractivity contribution in [3.8, 4) is 0 Å². The first-order chi connectivity index (χ1) is 10.1. The predicted octanol–water partition coefficient (Wildman–Crippen LogP) is 1.93. The van der Waals surface area contributed by atoms with E-state index < -0.39 is 0 Å². The Morgan fingerprint density at radius 3 is 2.90 bits per heavy atom. The first-order valence-electron chi connectivity index (χ1n) is 6.73. The Morgan fingerprint density at radius 1 is 1.43 bits per heavy atom. The number of rotatable bonds is 2. The minimum absolute atomic E-state index is 0.0550. The fourth-order valence-electron chi connectivity index (χ4n) is 2.43. The second-order valence-corrected chi connectivity index (χ2v) is 6.29. The van der Waals surface area contributed by atoms with Crippen LogP contribution in [0.5, 0.6) is 0 Å². The molecule has 2 N–H and O–H groups in total. The fraction of sp³-hybridized carbons (Fsp3) is 0.357. The summed E-state index contributed by atoms with van der Waals surface area (Å²) in [6.07, 6.45) is 3.43. The van der Waals surface area contributed by atoms with Crippen molar-refractivity contribution in [2.75, 3.05) is 11.1 Å². The molecule has 0 fully saturated rings. The van der Waals surface area contributed by atoms with E-state index in [0.717, 1.165) is 5.56 Å². The van der Waals surface area contributed by atoms with Gasteiger partial charge in [-0.1, -0.05) is 6.07 Å². The molecule has 7 heteroatoms. The van der Waals surface area contributed by atoms with Crippen molar-refractivity contribution in [1.29, 1.82) is 0 Å². The van der Waals surface area contributed by atoms with Crippen LogP contribution < -0.4 is 10.9 Å². The van der Waals surface area contributed by atoms with E-state index in [1.807, 2.05) is 26.0 Å². The summed E-state index contributed by atoms with van der Waals surface area (Å²) < 4.78 is 1.71. The molecule has 2 aromatic heterocycles. The van der Waals surface area contributed by atoms with Gasteiger partial charge in [0.2, 0.25) is 5.91 Å². The molecule has 0 bridgehead atoms. The van der Waals surface area contributed by atoms with Crippen LogP contribution in [-0.2, 0) is 4.79 Å². The third kappa shape index (κ3) is 2.49. The summed E-state index contributed by atoms with van der Waals surface area (Å²) in [5.74, 6) is 0.783. The van der Waals surface area contributed by atoms with Crippen LogP contribution in [0.3, 0.4) is 0 Å². The van der Waals surface area contributed by atoms with Crippen molar-refractivity contribution in [2.45, 2.75) is 25.1 Å². The average Bonchev–Trinajstić information content (AvgIpc) is 2.68. The molecule has 6 nitrogen and oxygen atoms in total. The first kappa shape index (κ1) is 13.9. The van der Waals surface area contributed by atoms with Gasteiger partial charge in [0.25, 0.3) is 5.56 Å². The fourth-order valence-corrected chi connectivity index (χ4v) is 3.53. The van der Waals surface area contributed by atoms with Crippen LogP contribution in [0.4, 0.5) is 5.82 Å². The zero-order valence-electron chi connectivity index (χ0n) is 11.8. The minimum Gasteiger partial charge on any atom is -0.310 e. The van der Waals surface area contributed by atoms with Crippen LogP contribution in [0.15, 0.2) is 29.3 Å². The molecule has 0 aliphatic carbocycles. The van der Waals surface area contributed by atoms with Gasteiger partial charge in [0.1, 0.15) is 5.82 Å². The minimum atomic E-state index is -0.198. The van der Waals surface area contributed by atoms with Gasteiger partial charge < -0.3 is 5.32 Å². The van der Waals surface area contributed by atoms with E-state index in [-0.39, 0.29) is 22.8 Å². The standard InChI is InChI=1S/C14H16N4O2S/c1-8(2)18-13-11(14(20)17-18)12(21-7-10(19)16-13)9-4-3-5-15-6-9/h3-6,8,12H,7H2,1-2H3,(H,16,19)(H,17,20). The maximum absolute atomic E-state index is 12.4. The van der Waals surface area contributed by atoms with Crippen LogP contribution in [0.1, 0.15) is 36.3 Å². The van der Waals surface area contributed by atoms with Gasteiger partial charge in [0, 0.05) is 18.4 Å². The molecule has 1 atom stereocenters. The van der Waals surface area contributed by atoms with Crippen LogP contribution >= 0.6 is 11.8 Å². The maximum Gasteiger partial charge on any atom is 0.270 e. The van der Waals surface area contributed by atoms with Gasteiger partial charge in [-0.05, 0) is 25.5 Å². The smallest absolute Gasteiger partial charge is 0.270 e. The number of hydrogen-bond acceptors (Lipinski definition) is 4. The summed E-state index contributed by atoms with van der Waals surface area (Å²) in [7, 11) is 0. The van der Waals surface area contributed by atoms with E-state index in [4.69, 9.17) is 0 Å². The zero-order valence-corrected chi connectivity index (χ0v) is 12.6. The molecule has 0 spiro atoms. The van der Waals surface area contributed by atoms with Gasteiger partial charge in [-0.25, -0.2) is 0 Å². The molecule has 21 heavy (non-hydrogen) atoms. The van der Waals surface area contributed by atoms with Gasteiger partial charge in [0.15, 0.2) is 0 Å². The largest absolute Gasteiger partial charge is 0.310 e. The lowest BCUT2D eigenvalue weighted by atomic mass is 10.1. The number of thioether (sulfide) groups is 1. The molecule has 1 aliphatic heterocycles. The number of fused-ring (bicyclic) bond motifs is 1. The van der Waals surface area contributed by atoms with Crippen molar-refractivity contribution in [2.24, 2.45) is 0 Å². The predicted molar refractivity (Wildman–Crippen MR) is 82.6 cm³/mol. The lowest BCUT2D eigenvalue weighted by Gasteiger charge is -2.14. The Balaban J connectivity index is 2.19. The van der Waals surface area contributed by atoms with Crippen LogP contribution in [0, 0.1) is 0 Å². The molecule has 3 heterocycles. The molecule has 0 radical (unpaired) electrons. The van der Waals surface area contributed by atoms with Crippen LogP contribution in [0.25, 0.3) is 0 Å². The Kier molecular flexibility index (Phi) is 3.59. The number of hydrogen-bond donors (Lipinski definition) is 2. The number of nitrogens with one attached hydrogen (secondary N) is 2. The van der Waals surface area contributed by atoms with Crippen LogP contribution in [-0.4, -0.2) is 26.4 Å². The molecule has 3 rings (SSSR count). The number of aromatic nitrogens is 3. The molecule has 1 amide bonds. The quantitative estimate of drug-likeness (QED) is 0.888. The molecule has 1 aliphatic rings. The SMILES string of the molecule is CC(C)n1[nH]c(=O)c2c1NC(=O)CSC2c1cccnc1. The van der Waals surface area contributed by atoms with E-state index in [2.05, 4.69) is 15.4 Å². The number of H-pyrrole nitrogens is 1. The molecule has 0 saturated carbocycles. The highest BCUT2D eigenvalue weighted by Crippen LogP contribution is 2.39. The second-order valence-electron chi connectivity index (χ2n) is 5.19. The van der Waals surface area contributed by atoms with Crippen molar-refractivity contribution in [3.63, 3.8) is 0 Å². The van der Waals surface area contributed by atoms with E-state index in [0.29, 0.717) is 17.1 Å². The Morgan fingerprint density at radius 2 is 2.24 bits per heavy atom. The highest BCUT2D eigenvalue weighted by molar-refractivity contribution is 8.00. The topological polar surface area (TPSA) is 79.8 Å². The van der Waals surface area contributed by atoms with Gasteiger partial charge in [-0.15, -0.1) is 11.8 Å². The summed E-state index contributed by atoms with van der Waals surface area (Å²) in [4.78, 5) is 28.4. The summed E-state index contributed by atoms with van der Waals surface area (Å²) in [6, 6.07) is 3.82. The number of nitrogens with zero attached hydrogens (tertiary/aromatic N) is 2. The molecule has 0 aromatic carbocycles. The summed E-state index contributed by atoms with van der Waals surface area (Å²) in [5, 5.41) is 5.46. The lowest BCUT2D eigenvalue weighted by molar-refractivity contribution is -0.113. The van der Waals surface area contributed by atoms with Gasteiger partial charge in [-0.2, -0.15) is 0 Å². The van der Waals surface area contributed by atoms with Crippen LogP contribution in [0.2, 0.25) is 0 Å². The maximum atomic E-state index is 12.4. The van der Waals surface area contributed by atoms with E-state index in [1.165, 1.54) is 11.8 Å². The number of amides is 1. The molecule has 0 saturated heterocycles. The number of aromatic amines is 1. The van der Waals surface area contributed by atoms with E-state index >= 15 is 0 Å². The number of carbonyl (C=O) groups excluding carboxylic acids is 1. The van der Waals surface area contributed by atoms with Gasteiger partial charge >= 0.3 is 0 Å². The molecular weight excluding hydrogens is 288 g/mol. The number of carbonyl (C=O) groups is 1. The Bertz CT molecular complexity index is 720. The lowest BCUT2D eigenvalue weighted by Crippen LogP contribution is -2.17. The van der Waals surface area contributed by atoms with Crippen molar-refractivity contribution < 1.29 is 4.79 Å². The molecule has 1 unspecified atom stereocenters.